The maximum atomic E-state index is 14.0. The van der Waals surface area contributed by atoms with Crippen LogP contribution >= 0.6 is 50.6 Å². The molecule has 200 valence electrons. The van der Waals surface area contributed by atoms with Crippen LogP contribution in [0, 0.1) is 0 Å². The van der Waals surface area contributed by atoms with Gasteiger partial charge in [-0.3, -0.25) is 19.6 Å². The van der Waals surface area contributed by atoms with Crippen molar-refractivity contribution in [2.75, 3.05) is 17.0 Å². The molecule has 2 aliphatic heterocycles. The van der Waals surface area contributed by atoms with Crippen LogP contribution in [-0.4, -0.2) is 23.4 Å². The molecular formula is C29H21BrClN5O2S2. The molecule has 0 radical (unpaired) electrons. The van der Waals surface area contributed by atoms with E-state index in [-0.39, 0.29) is 18.0 Å². The summed E-state index contributed by atoms with van der Waals surface area (Å²) in [5, 5.41) is 2.85. The molecule has 1 saturated heterocycles. The summed E-state index contributed by atoms with van der Waals surface area (Å²) in [4.78, 5) is 35.7. The summed E-state index contributed by atoms with van der Waals surface area (Å²) in [5.74, 6) is 0.0446. The molecule has 1 amide bonds. The number of hydrazine groups is 1. The number of carbonyl (C=O) groups excluding carboxylic acids is 1. The Hall–Kier alpha value is -3.57. The molecule has 1 N–H and O–H groups in total. The second-order valence-corrected chi connectivity index (χ2v) is 12.3. The second kappa shape index (κ2) is 10.8. The van der Waals surface area contributed by atoms with Gasteiger partial charge in [-0.25, -0.2) is 10.0 Å². The minimum atomic E-state index is -0.307. The van der Waals surface area contributed by atoms with Crippen molar-refractivity contribution in [1.29, 1.82) is 0 Å². The highest BCUT2D eigenvalue weighted by Gasteiger charge is 2.36. The smallest absolute Gasteiger partial charge is 0.283 e. The van der Waals surface area contributed by atoms with Crippen molar-refractivity contribution in [1.82, 2.24) is 9.99 Å². The fraction of sp³-hybridized carbons (Fsp3) is 0.0690. The molecule has 0 bridgehead atoms. The average molecular weight is 651 g/mol. The fourth-order valence-electron chi connectivity index (χ4n) is 4.48. The molecule has 0 spiro atoms. The number of amides is 1. The van der Waals surface area contributed by atoms with Gasteiger partial charge in [0.2, 0.25) is 0 Å². The lowest BCUT2D eigenvalue weighted by Crippen LogP contribution is -2.36. The number of thioether (sulfide) groups is 1. The number of thiazole rings is 1. The van der Waals surface area contributed by atoms with E-state index in [0.29, 0.717) is 37.0 Å². The normalized spacial score (nSPS) is 18.4. The third kappa shape index (κ3) is 4.71. The Kier molecular flexibility index (Phi) is 7.18. The zero-order valence-corrected chi connectivity index (χ0v) is 25.1. The van der Waals surface area contributed by atoms with Crippen LogP contribution in [0.15, 0.2) is 105 Å². The average Bonchev–Trinajstić information content (AvgIpc) is 3.55. The first-order chi connectivity index (χ1) is 19.4. The van der Waals surface area contributed by atoms with Gasteiger partial charge in [-0.05, 0) is 48.5 Å². The fourth-order valence-corrected chi connectivity index (χ4v) is 7.51. The molecule has 40 heavy (non-hydrogen) atoms. The molecule has 2 aliphatic rings. The molecule has 3 aromatic carbocycles. The lowest BCUT2D eigenvalue weighted by atomic mass is 10.2. The number of nitrogens with one attached hydrogen (secondary N) is 1. The number of allylic oxidation sites excluding steroid dienone is 1. The highest BCUT2D eigenvalue weighted by atomic mass is 79.9. The molecule has 4 aromatic rings. The van der Waals surface area contributed by atoms with Crippen LogP contribution in [0.2, 0.25) is 5.02 Å². The summed E-state index contributed by atoms with van der Waals surface area (Å²) in [6.45, 7) is 4.09. The van der Waals surface area contributed by atoms with E-state index in [1.807, 2.05) is 84.7 Å². The quantitative estimate of drug-likeness (QED) is 0.306. The Morgan fingerprint density at radius 3 is 2.62 bits per heavy atom. The number of carbonyl (C=O) groups is 1. The highest BCUT2D eigenvalue weighted by molar-refractivity contribution is 9.10. The number of rotatable bonds is 4. The Morgan fingerprint density at radius 2 is 1.88 bits per heavy atom. The summed E-state index contributed by atoms with van der Waals surface area (Å²) in [5.41, 5.74) is 5.53. The van der Waals surface area contributed by atoms with Crippen LogP contribution in [0.25, 0.3) is 10.6 Å². The van der Waals surface area contributed by atoms with Gasteiger partial charge >= 0.3 is 0 Å². The van der Waals surface area contributed by atoms with Crippen molar-refractivity contribution in [3.63, 3.8) is 0 Å². The van der Waals surface area contributed by atoms with Crippen LogP contribution in [0.1, 0.15) is 0 Å². The van der Waals surface area contributed by atoms with E-state index < -0.39 is 0 Å². The lowest BCUT2D eigenvalue weighted by molar-refractivity contribution is -0.113. The SMILES string of the molecule is C=CCn1c(=C2C(=O)N(c3ccccc3)NC2=Nc2cccc(Br)c2)s/c(=C2\Sc3ccc(Cl)cc3N2C)c1=O. The summed E-state index contributed by atoms with van der Waals surface area (Å²) in [7, 11) is 1.91. The Morgan fingerprint density at radius 1 is 1.07 bits per heavy atom. The number of benzene rings is 3. The summed E-state index contributed by atoms with van der Waals surface area (Å²) < 4.78 is 3.47. The first-order valence-corrected chi connectivity index (χ1v) is 15.0. The van der Waals surface area contributed by atoms with Gasteiger partial charge in [0.15, 0.2) is 5.84 Å². The highest BCUT2D eigenvalue weighted by Crippen LogP contribution is 2.46. The summed E-state index contributed by atoms with van der Waals surface area (Å²) >= 11 is 12.5. The van der Waals surface area contributed by atoms with Gasteiger partial charge in [0.25, 0.3) is 11.5 Å². The van der Waals surface area contributed by atoms with Crippen molar-refractivity contribution >= 4 is 90.0 Å². The molecule has 3 heterocycles. The first kappa shape index (κ1) is 26.6. The molecule has 1 fully saturated rings. The predicted octanol–water partition coefficient (Wildman–Crippen LogP) is 5.25. The Labute approximate surface area is 251 Å². The largest absolute Gasteiger partial charge is 0.337 e. The third-order valence-electron chi connectivity index (χ3n) is 6.33. The number of hydrogen-bond donors (Lipinski definition) is 1. The van der Waals surface area contributed by atoms with Crippen molar-refractivity contribution in [2.45, 2.75) is 11.4 Å². The maximum Gasteiger partial charge on any atom is 0.283 e. The minimum Gasteiger partial charge on any atom is -0.337 e. The Balaban J connectivity index is 1.63. The van der Waals surface area contributed by atoms with E-state index in [2.05, 4.69) is 27.9 Å². The van der Waals surface area contributed by atoms with Crippen molar-refractivity contribution in [3.8, 4) is 0 Å². The van der Waals surface area contributed by atoms with Gasteiger partial charge < -0.3 is 4.90 Å². The number of anilines is 2. The van der Waals surface area contributed by atoms with E-state index in [1.165, 1.54) is 28.1 Å². The number of aromatic nitrogens is 1. The number of nitrogens with zero attached hydrogens (tertiary/aromatic N) is 4. The van der Waals surface area contributed by atoms with Crippen LogP contribution in [0.5, 0.6) is 0 Å². The molecule has 1 aromatic heterocycles. The number of hydrogen-bond acceptors (Lipinski definition) is 6. The van der Waals surface area contributed by atoms with Gasteiger partial charge in [0.1, 0.15) is 19.8 Å². The molecule has 0 unspecified atom stereocenters. The van der Waals surface area contributed by atoms with Crippen molar-refractivity contribution < 1.29 is 4.79 Å². The van der Waals surface area contributed by atoms with Crippen molar-refractivity contribution in [2.24, 2.45) is 4.99 Å². The molecular weight excluding hydrogens is 630 g/mol. The zero-order valence-electron chi connectivity index (χ0n) is 21.1. The summed E-state index contributed by atoms with van der Waals surface area (Å²) in [6.07, 6.45) is 1.65. The van der Waals surface area contributed by atoms with Gasteiger partial charge in [-0.1, -0.05) is 69.6 Å². The van der Waals surface area contributed by atoms with E-state index in [9.17, 15) is 9.59 Å². The van der Waals surface area contributed by atoms with Gasteiger partial charge in [-0.2, -0.15) is 0 Å². The van der Waals surface area contributed by atoms with Crippen LogP contribution < -0.4 is 30.1 Å². The van der Waals surface area contributed by atoms with Gasteiger partial charge in [0, 0.05) is 28.0 Å². The minimum absolute atomic E-state index is 0.201. The summed E-state index contributed by atoms with van der Waals surface area (Å²) in [6, 6.07) is 22.4. The molecule has 11 heteroatoms. The monoisotopic (exact) mass is 649 g/mol. The van der Waals surface area contributed by atoms with Gasteiger partial charge in [0.05, 0.1) is 17.1 Å². The first-order valence-electron chi connectivity index (χ1n) is 12.2. The van der Waals surface area contributed by atoms with Crippen LogP contribution in [-0.2, 0) is 11.3 Å². The maximum absolute atomic E-state index is 14.0. The number of para-hydroxylation sites is 1. The number of aliphatic imine (C=N–C) groups is 1. The second-order valence-electron chi connectivity index (χ2n) is 8.92. The third-order valence-corrected chi connectivity index (χ3v) is 9.62. The molecule has 0 saturated carbocycles. The number of halogens is 2. The molecule has 6 rings (SSSR count). The zero-order chi connectivity index (χ0) is 28.0. The standard InChI is InChI=1S/C29H21BrClN5O2S2/c1-3-14-35-27(38)24(29-34(2)21-16-18(31)12-13-22(21)39-29)40-28(35)23-25(32-19-9-7-8-17(30)15-19)33-36(26(23)37)20-10-5-4-6-11-20/h3-13,15-16H,1,14H2,2H3,(H,32,33)/b28-23?,29-24-. The number of amidine groups is 1. The van der Waals surface area contributed by atoms with E-state index >= 15 is 0 Å². The van der Waals surface area contributed by atoms with Crippen LogP contribution in [0.4, 0.5) is 17.1 Å². The van der Waals surface area contributed by atoms with Crippen molar-refractivity contribution in [3.05, 3.63) is 114 Å². The van der Waals surface area contributed by atoms with E-state index in [4.69, 9.17) is 16.6 Å². The topological polar surface area (TPSA) is 69.9 Å². The molecule has 7 nitrogen and oxygen atoms in total. The molecule has 0 aliphatic carbocycles. The lowest BCUT2D eigenvalue weighted by Gasteiger charge is -2.14. The number of fused-ring (bicyclic) bond motifs is 1. The van der Waals surface area contributed by atoms with Crippen LogP contribution in [0.3, 0.4) is 0 Å². The van der Waals surface area contributed by atoms with E-state index in [1.54, 1.807) is 10.6 Å². The molecule has 0 atom stereocenters. The Bertz CT molecular complexity index is 1900. The van der Waals surface area contributed by atoms with Gasteiger partial charge in [-0.15, -0.1) is 17.9 Å². The van der Waals surface area contributed by atoms with E-state index in [0.717, 1.165) is 20.1 Å². The predicted molar refractivity (Wildman–Crippen MR) is 169 cm³/mol.